The Morgan fingerprint density at radius 1 is 1.16 bits per heavy atom. The van der Waals surface area contributed by atoms with E-state index >= 15 is 0 Å². The first-order chi connectivity index (χ1) is 8.96. The average Bonchev–Trinajstić information content (AvgIpc) is 2.74. The van der Waals surface area contributed by atoms with Gasteiger partial charge in [0.05, 0.1) is 0 Å². The smallest absolute Gasteiger partial charge is 0.0327 e. The maximum Gasteiger partial charge on any atom is 0.0327 e. The minimum absolute atomic E-state index is 0.356. The van der Waals surface area contributed by atoms with Crippen LogP contribution in [0, 0.1) is 11.3 Å². The van der Waals surface area contributed by atoms with E-state index in [0.29, 0.717) is 17.5 Å². The maximum absolute atomic E-state index is 3.94. The largest absolute Gasteiger partial charge is 0.307 e. The predicted molar refractivity (Wildman–Crippen MR) is 83.2 cm³/mol. The number of nitrogens with one attached hydrogen (secondary N) is 1. The highest BCUT2D eigenvalue weighted by atomic mass is 15.0. The Hall–Kier alpha value is -0.820. The van der Waals surface area contributed by atoms with Crippen molar-refractivity contribution in [3.05, 3.63) is 35.9 Å². The summed E-state index contributed by atoms with van der Waals surface area (Å²) in [4.78, 5) is 0. The molecule has 1 saturated carbocycles. The van der Waals surface area contributed by atoms with Crippen molar-refractivity contribution in [3.63, 3.8) is 0 Å². The van der Waals surface area contributed by atoms with Gasteiger partial charge >= 0.3 is 0 Å². The van der Waals surface area contributed by atoms with Crippen LogP contribution in [-0.4, -0.2) is 6.04 Å². The van der Waals surface area contributed by atoms with E-state index in [2.05, 4.69) is 63.3 Å². The summed E-state index contributed by atoms with van der Waals surface area (Å²) >= 11 is 0. The quantitative estimate of drug-likeness (QED) is 0.807. The Morgan fingerprint density at radius 2 is 1.84 bits per heavy atom. The summed E-state index contributed by atoms with van der Waals surface area (Å²) in [7, 11) is 0. The Kier molecular flexibility index (Phi) is 4.67. The molecule has 3 atom stereocenters. The van der Waals surface area contributed by atoms with E-state index in [1.54, 1.807) is 0 Å². The van der Waals surface area contributed by atoms with E-state index in [1.165, 1.54) is 31.2 Å². The van der Waals surface area contributed by atoms with Gasteiger partial charge in [0, 0.05) is 12.1 Å². The minimum atomic E-state index is 0.356. The van der Waals surface area contributed by atoms with Crippen molar-refractivity contribution in [1.29, 1.82) is 0 Å². The fourth-order valence-electron chi connectivity index (χ4n) is 3.22. The monoisotopic (exact) mass is 259 g/mol. The molecule has 0 spiro atoms. The highest BCUT2D eigenvalue weighted by Gasteiger charge is 2.28. The molecule has 19 heavy (non-hydrogen) atoms. The summed E-state index contributed by atoms with van der Waals surface area (Å²) in [6.07, 6.45) is 5.30. The van der Waals surface area contributed by atoms with E-state index < -0.39 is 0 Å². The van der Waals surface area contributed by atoms with Crippen molar-refractivity contribution in [2.45, 2.75) is 65.5 Å². The zero-order valence-electron chi connectivity index (χ0n) is 12.9. The molecule has 0 bridgehead atoms. The fraction of sp³-hybridized carbons (Fsp3) is 0.667. The van der Waals surface area contributed by atoms with E-state index in [-0.39, 0.29) is 0 Å². The van der Waals surface area contributed by atoms with Crippen LogP contribution in [0.5, 0.6) is 0 Å². The second-order valence-electron chi connectivity index (χ2n) is 7.41. The van der Waals surface area contributed by atoms with Gasteiger partial charge in [-0.2, -0.15) is 0 Å². The molecule has 0 heterocycles. The van der Waals surface area contributed by atoms with Gasteiger partial charge in [-0.05, 0) is 36.2 Å². The van der Waals surface area contributed by atoms with Gasteiger partial charge in [0.25, 0.3) is 0 Å². The fourth-order valence-corrected chi connectivity index (χ4v) is 3.22. The van der Waals surface area contributed by atoms with Crippen LogP contribution >= 0.6 is 0 Å². The molecule has 1 N–H and O–H groups in total. The van der Waals surface area contributed by atoms with E-state index in [1.807, 2.05) is 0 Å². The average molecular weight is 259 g/mol. The summed E-state index contributed by atoms with van der Waals surface area (Å²) in [5, 5.41) is 3.94. The molecular weight excluding hydrogens is 230 g/mol. The van der Waals surface area contributed by atoms with Gasteiger partial charge in [-0.15, -0.1) is 0 Å². The minimum Gasteiger partial charge on any atom is -0.307 e. The zero-order chi connectivity index (χ0) is 13.9. The van der Waals surface area contributed by atoms with Crippen LogP contribution in [0.15, 0.2) is 30.3 Å². The van der Waals surface area contributed by atoms with Gasteiger partial charge in [-0.25, -0.2) is 0 Å². The third-order valence-electron chi connectivity index (χ3n) is 4.30. The standard InChI is InChI=1S/C18H29N/c1-14-9-8-12-16(14)19-17(13-18(2,3)4)15-10-6-5-7-11-15/h5-7,10-11,14,16-17,19H,8-9,12-13H2,1-4H3. The molecule has 2 rings (SSSR count). The molecule has 0 radical (unpaired) electrons. The Morgan fingerprint density at radius 3 is 2.37 bits per heavy atom. The molecule has 0 amide bonds. The second-order valence-corrected chi connectivity index (χ2v) is 7.41. The zero-order valence-corrected chi connectivity index (χ0v) is 12.9. The van der Waals surface area contributed by atoms with E-state index in [9.17, 15) is 0 Å². The normalized spacial score (nSPS) is 25.5. The number of hydrogen-bond acceptors (Lipinski definition) is 1. The summed E-state index contributed by atoms with van der Waals surface area (Å²) in [6.45, 7) is 9.40. The number of rotatable bonds is 4. The second kappa shape index (κ2) is 6.09. The lowest BCUT2D eigenvalue weighted by Crippen LogP contribution is -2.36. The van der Waals surface area contributed by atoms with Crippen molar-refractivity contribution >= 4 is 0 Å². The van der Waals surface area contributed by atoms with Crippen molar-refractivity contribution in [2.24, 2.45) is 11.3 Å². The van der Waals surface area contributed by atoms with Crippen LogP contribution in [0.2, 0.25) is 0 Å². The van der Waals surface area contributed by atoms with Crippen LogP contribution in [0.4, 0.5) is 0 Å². The molecule has 1 aromatic carbocycles. The predicted octanol–water partition coefficient (Wildman–Crippen LogP) is 4.94. The molecule has 0 aromatic heterocycles. The molecule has 1 aliphatic rings. The SMILES string of the molecule is CC1CCCC1NC(CC(C)(C)C)c1ccccc1. The molecule has 1 heteroatoms. The molecule has 106 valence electrons. The van der Waals surface area contributed by atoms with Gasteiger partial charge < -0.3 is 5.32 Å². The van der Waals surface area contributed by atoms with Crippen LogP contribution in [-0.2, 0) is 0 Å². The number of benzene rings is 1. The summed E-state index contributed by atoms with van der Waals surface area (Å²) in [5.41, 5.74) is 1.80. The highest BCUT2D eigenvalue weighted by molar-refractivity contribution is 5.19. The first-order valence-electron chi connectivity index (χ1n) is 7.77. The van der Waals surface area contributed by atoms with E-state index in [4.69, 9.17) is 0 Å². The first kappa shape index (κ1) is 14.6. The molecule has 1 fully saturated rings. The summed E-state index contributed by atoms with van der Waals surface area (Å²) < 4.78 is 0. The summed E-state index contributed by atoms with van der Waals surface area (Å²) in [6, 6.07) is 12.1. The van der Waals surface area contributed by atoms with Crippen molar-refractivity contribution in [2.75, 3.05) is 0 Å². The molecule has 1 aromatic rings. The lowest BCUT2D eigenvalue weighted by Gasteiger charge is -2.31. The van der Waals surface area contributed by atoms with Crippen molar-refractivity contribution in [1.82, 2.24) is 5.32 Å². The Balaban J connectivity index is 2.10. The van der Waals surface area contributed by atoms with E-state index in [0.717, 1.165) is 5.92 Å². The van der Waals surface area contributed by atoms with Gasteiger partial charge in [-0.3, -0.25) is 0 Å². The van der Waals surface area contributed by atoms with Gasteiger partial charge in [0.1, 0.15) is 0 Å². The van der Waals surface area contributed by atoms with Crippen molar-refractivity contribution < 1.29 is 0 Å². The Labute approximate surface area is 118 Å². The van der Waals surface area contributed by atoms with Gasteiger partial charge in [0.2, 0.25) is 0 Å². The van der Waals surface area contributed by atoms with Gasteiger partial charge in [-0.1, -0.05) is 64.4 Å². The summed E-state index contributed by atoms with van der Waals surface area (Å²) in [5.74, 6) is 0.825. The van der Waals surface area contributed by atoms with Crippen molar-refractivity contribution in [3.8, 4) is 0 Å². The molecule has 1 aliphatic carbocycles. The highest BCUT2D eigenvalue weighted by Crippen LogP contribution is 2.33. The molecular formula is C18H29N. The molecule has 3 unspecified atom stereocenters. The molecule has 0 saturated heterocycles. The van der Waals surface area contributed by atoms with Crippen LogP contribution in [0.25, 0.3) is 0 Å². The number of hydrogen-bond donors (Lipinski definition) is 1. The topological polar surface area (TPSA) is 12.0 Å². The van der Waals surface area contributed by atoms with Crippen LogP contribution in [0.3, 0.4) is 0 Å². The van der Waals surface area contributed by atoms with Gasteiger partial charge in [0.15, 0.2) is 0 Å². The first-order valence-corrected chi connectivity index (χ1v) is 7.77. The molecule has 0 aliphatic heterocycles. The lowest BCUT2D eigenvalue weighted by atomic mass is 9.85. The maximum atomic E-state index is 3.94. The third kappa shape index (κ3) is 4.35. The van der Waals surface area contributed by atoms with Crippen LogP contribution in [0.1, 0.15) is 65.0 Å². The third-order valence-corrected chi connectivity index (χ3v) is 4.30. The molecule has 1 nitrogen and oxygen atoms in total. The Bertz CT molecular complexity index is 376. The van der Waals surface area contributed by atoms with Crippen LogP contribution < -0.4 is 5.32 Å². The lowest BCUT2D eigenvalue weighted by molar-refractivity contribution is 0.277.